The Labute approximate surface area is 180 Å². The summed E-state index contributed by atoms with van der Waals surface area (Å²) in [6.07, 6.45) is 6.52. The monoisotopic (exact) mass is 415 g/mol. The van der Waals surface area contributed by atoms with Gasteiger partial charge in [0.05, 0.1) is 0 Å². The van der Waals surface area contributed by atoms with Gasteiger partial charge in [-0.05, 0) is 47.2 Å². The molecule has 0 bridgehead atoms. The number of carbonyl (C=O) groups excluding carboxylic acids is 1. The number of nitrogens with one attached hydrogen (secondary N) is 2. The van der Waals surface area contributed by atoms with E-state index in [0.717, 1.165) is 34.0 Å². The number of amides is 1. The smallest absolute Gasteiger partial charge is 0.223 e. The molecule has 3 atom stereocenters. The van der Waals surface area contributed by atoms with E-state index in [1.165, 1.54) is 0 Å². The predicted molar refractivity (Wildman–Crippen MR) is 120 cm³/mol. The van der Waals surface area contributed by atoms with E-state index in [2.05, 4.69) is 27.4 Å². The SMILES string of the molecule is O=C(NCC(c1ccccc1Cl)c1c[nH]c2ccccc12)C1CC1c1cccnc1. The van der Waals surface area contributed by atoms with Crippen molar-refractivity contribution in [2.75, 3.05) is 6.54 Å². The number of carbonyl (C=O) groups is 1. The molecule has 150 valence electrons. The predicted octanol–water partition coefficient (Wildman–Crippen LogP) is 5.27. The Hall–Kier alpha value is -3.11. The second-order valence-corrected chi connectivity index (χ2v) is 8.25. The third kappa shape index (κ3) is 3.59. The van der Waals surface area contributed by atoms with Crippen molar-refractivity contribution in [2.45, 2.75) is 18.3 Å². The highest BCUT2D eigenvalue weighted by molar-refractivity contribution is 6.31. The first-order valence-corrected chi connectivity index (χ1v) is 10.6. The highest BCUT2D eigenvalue weighted by Crippen LogP contribution is 2.47. The normalized spacial score (nSPS) is 18.8. The first kappa shape index (κ1) is 18.9. The highest BCUT2D eigenvalue weighted by Gasteiger charge is 2.44. The van der Waals surface area contributed by atoms with Gasteiger partial charge in [-0.1, -0.05) is 54.1 Å². The largest absolute Gasteiger partial charge is 0.361 e. The van der Waals surface area contributed by atoms with Crippen LogP contribution in [-0.2, 0) is 4.79 Å². The standard InChI is InChI=1S/C25H22ClN3O/c26-23-9-3-1-7-17(23)21(22-14-28-24-10-4-2-8-18(22)24)15-29-25(30)20-12-19(20)16-6-5-11-27-13-16/h1-11,13-14,19-21,28H,12,15H2,(H,29,30). The fraction of sp³-hybridized carbons (Fsp3) is 0.200. The molecule has 1 aliphatic carbocycles. The van der Waals surface area contributed by atoms with Gasteiger partial charge in [0.2, 0.25) is 5.91 Å². The van der Waals surface area contributed by atoms with Gasteiger partial charge in [-0.3, -0.25) is 9.78 Å². The number of halogens is 1. The average molecular weight is 416 g/mol. The number of para-hydroxylation sites is 1. The molecule has 0 radical (unpaired) electrons. The number of fused-ring (bicyclic) bond motifs is 1. The molecule has 2 N–H and O–H groups in total. The fourth-order valence-corrected chi connectivity index (χ4v) is 4.58. The van der Waals surface area contributed by atoms with Crippen molar-refractivity contribution >= 4 is 28.4 Å². The Balaban J connectivity index is 1.38. The number of hydrogen-bond acceptors (Lipinski definition) is 2. The summed E-state index contributed by atoms with van der Waals surface area (Å²) in [5.41, 5.74) is 4.37. The van der Waals surface area contributed by atoms with Gasteiger partial charge in [0, 0.05) is 52.9 Å². The maximum atomic E-state index is 12.9. The minimum Gasteiger partial charge on any atom is -0.361 e. The Morgan fingerprint density at radius 1 is 1.10 bits per heavy atom. The number of nitrogens with zero attached hydrogens (tertiary/aromatic N) is 1. The number of benzene rings is 2. The molecule has 2 aromatic heterocycles. The van der Waals surface area contributed by atoms with Crippen LogP contribution in [0.2, 0.25) is 5.02 Å². The van der Waals surface area contributed by atoms with Crippen molar-refractivity contribution in [2.24, 2.45) is 5.92 Å². The molecule has 1 saturated carbocycles. The molecule has 1 aliphatic rings. The zero-order valence-corrected chi connectivity index (χ0v) is 17.1. The van der Waals surface area contributed by atoms with Crippen molar-refractivity contribution in [3.8, 4) is 0 Å². The quantitative estimate of drug-likeness (QED) is 0.450. The van der Waals surface area contributed by atoms with Gasteiger partial charge in [0.15, 0.2) is 0 Å². The number of aromatic amines is 1. The summed E-state index contributed by atoms with van der Waals surface area (Å²) in [4.78, 5) is 20.4. The zero-order chi connectivity index (χ0) is 20.5. The van der Waals surface area contributed by atoms with Gasteiger partial charge in [-0.15, -0.1) is 0 Å². The molecular formula is C25H22ClN3O. The van der Waals surface area contributed by atoms with Crippen molar-refractivity contribution in [1.29, 1.82) is 0 Å². The number of aromatic nitrogens is 2. The topological polar surface area (TPSA) is 57.8 Å². The second kappa shape index (κ2) is 7.96. The van der Waals surface area contributed by atoms with Crippen LogP contribution in [0.3, 0.4) is 0 Å². The highest BCUT2D eigenvalue weighted by atomic mass is 35.5. The molecule has 1 amide bonds. The first-order chi connectivity index (χ1) is 14.7. The number of H-pyrrole nitrogens is 1. The summed E-state index contributed by atoms with van der Waals surface area (Å²) in [5, 5.41) is 5.05. The fourth-order valence-electron chi connectivity index (χ4n) is 4.31. The van der Waals surface area contributed by atoms with E-state index in [4.69, 9.17) is 11.6 Å². The van der Waals surface area contributed by atoms with Crippen LogP contribution >= 0.6 is 11.6 Å². The molecule has 4 aromatic rings. The summed E-state index contributed by atoms with van der Waals surface area (Å²) in [6, 6.07) is 20.0. The van der Waals surface area contributed by atoms with Gasteiger partial charge in [0.25, 0.3) is 0 Å². The molecule has 3 unspecified atom stereocenters. The van der Waals surface area contributed by atoms with E-state index >= 15 is 0 Å². The van der Waals surface area contributed by atoms with Gasteiger partial charge >= 0.3 is 0 Å². The van der Waals surface area contributed by atoms with Crippen LogP contribution in [0, 0.1) is 5.92 Å². The Morgan fingerprint density at radius 3 is 2.77 bits per heavy atom. The number of pyridine rings is 1. The first-order valence-electron chi connectivity index (χ1n) is 10.2. The lowest BCUT2D eigenvalue weighted by Gasteiger charge is -2.19. The molecule has 2 aromatic carbocycles. The maximum absolute atomic E-state index is 12.9. The lowest BCUT2D eigenvalue weighted by atomic mass is 9.90. The molecule has 4 nitrogen and oxygen atoms in total. The van der Waals surface area contributed by atoms with Crippen molar-refractivity contribution < 1.29 is 4.79 Å². The number of hydrogen-bond donors (Lipinski definition) is 2. The van der Waals surface area contributed by atoms with Crippen molar-refractivity contribution in [3.63, 3.8) is 0 Å². The second-order valence-electron chi connectivity index (χ2n) is 7.84. The Morgan fingerprint density at radius 2 is 1.93 bits per heavy atom. The average Bonchev–Trinajstić information content (AvgIpc) is 3.49. The van der Waals surface area contributed by atoms with Crippen molar-refractivity contribution in [1.82, 2.24) is 15.3 Å². The summed E-state index contributed by atoms with van der Waals surface area (Å²) in [7, 11) is 0. The van der Waals surface area contributed by atoms with Crippen LogP contribution in [0.25, 0.3) is 10.9 Å². The van der Waals surface area contributed by atoms with Crippen LogP contribution in [0.4, 0.5) is 0 Å². The molecule has 1 fully saturated rings. The molecule has 5 heteroatoms. The third-order valence-corrected chi connectivity index (χ3v) is 6.34. The third-order valence-electron chi connectivity index (χ3n) is 6.00. The van der Waals surface area contributed by atoms with Crippen LogP contribution in [-0.4, -0.2) is 22.4 Å². The summed E-state index contributed by atoms with van der Waals surface area (Å²) in [6.45, 7) is 0.501. The Bertz CT molecular complexity index is 1190. The lowest BCUT2D eigenvalue weighted by molar-refractivity contribution is -0.122. The zero-order valence-electron chi connectivity index (χ0n) is 16.4. The van der Waals surface area contributed by atoms with Gasteiger partial charge in [-0.2, -0.15) is 0 Å². The van der Waals surface area contributed by atoms with E-state index in [1.54, 1.807) is 6.20 Å². The van der Waals surface area contributed by atoms with E-state index in [0.29, 0.717) is 11.6 Å². The van der Waals surface area contributed by atoms with E-state index in [9.17, 15) is 4.79 Å². The summed E-state index contributed by atoms with van der Waals surface area (Å²) < 4.78 is 0. The van der Waals surface area contributed by atoms with E-state index in [-0.39, 0.29) is 23.7 Å². The van der Waals surface area contributed by atoms with Gasteiger partial charge < -0.3 is 10.3 Å². The minimum atomic E-state index is -0.0330. The van der Waals surface area contributed by atoms with Gasteiger partial charge in [-0.25, -0.2) is 0 Å². The summed E-state index contributed by atoms with van der Waals surface area (Å²) in [5.74, 6) is 0.352. The van der Waals surface area contributed by atoms with Crippen LogP contribution in [0.1, 0.15) is 34.9 Å². The van der Waals surface area contributed by atoms with Crippen LogP contribution < -0.4 is 5.32 Å². The molecule has 5 rings (SSSR count). The minimum absolute atomic E-state index is 0.0177. The van der Waals surface area contributed by atoms with Crippen LogP contribution in [0.15, 0.2) is 79.3 Å². The summed E-state index contributed by atoms with van der Waals surface area (Å²) >= 11 is 6.55. The Kier molecular flexibility index (Phi) is 5.01. The molecule has 0 aliphatic heterocycles. The van der Waals surface area contributed by atoms with Crippen LogP contribution in [0.5, 0.6) is 0 Å². The van der Waals surface area contributed by atoms with Crippen molar-refractivity contribution in [3.05, 3.63) is 101 Å². The van der Waals surface area contributed by atoms with Gasteiger partial charge in [0.1, 0.15) is 0 Å². The lowest BCUT2D eigenvalue weighted by Crippen LogP contribution is -2.30. The molecule has 30 heavy (non-hydrogen) atoms. The molecule has 2 heterocycles. The molecular weight excluding hydrogens is 394 g/mol. The molecule has 0 spiro atoms. The maximum Gasteiger partial charge on any atom is 0.223 e. The molecule has 0 saturated heterocycles. The van der Waals surface area contributed by atoms with E-state index < -0.39 is 0 Å². The van der Waals surface area contributed by atoms with E-state index in [1.807, 2.05) is 60.9 Å². The number of rotatable bonds is 6.